The van der Waals surface area contributed by atoms with Crippen LogP contribution in [-0.2, 0) is 6.54 Å². The molecule has 1 heterocycles. The van der Waals surface area contributed by atoms with Gasteiger partial charge in [-0.05, 0) is 31.0 Å². The number of nitrogens with zero attached hydrogens (tertiary/aromatic N) is 2. The molecule has 0 aliphatic heterocycles. The van der Waals surface area contributed by atoms with E-state index in [0.717, 1.165) is 23.7 Å². The van der Waals surface area contributed by atoms with Crippen molar-refractivity contribution in [1.82, 2.24) is 15.1 Å². The van der Waals surface area contributed by atoms with E-state index in [1.165, 1.54) is 12.8 Å². The van der Waals surface area contributed by atoms with Crippen molar-refractivity contribution < 1.29 is 4.74 Å². The molecule has 1 aromatic carbocycles. The molecule has 0 bridgehead atoms. The van der Waals surface area contributed by atoms with Gasteiger partial charge in [-0.3, -0.25) is 0 Å². The van der Waals surface area contributed by atoms with Crippen LogP contribution in [0.25, 0.3) is 5.69 Å². The van der Waals surface area contributed by atoms with Crippen LogP contribution < -0.4 is 10.1 Å². The standard InChI is InChI=1S/C14H17N3O/c1-18-14-4-2-3-13(9-14)17-8-7-12(16-17)10-15-11-5-6-11/h2-4,7-9,11,15H,5-6,10H2,1H3. The molecule has 1 N–H and O–H groups in total. The first-order valence-corrected chi connectivity index (χ1v) is 6.27. The Morgan fingerprint density at radius 2 is 2.28 bits per heavy atom. The second-order valence-corrected chi connectivity index (χ2v) is 4.61. The van der Waals surface area contributed by atoms with Crippen LogP contribution in [0.3, 0.4) is 0 Å². The first kappa shape index (κ1) is 11.3. The van der Waals surface area contributed by atoms with E-state index in [2.05, 4.69) is 16.5 Å². The molecule has 0 spiro atoms. The van der Waals surface area contributed by atoms with Gasteiger partial charge >= 0.3 is 0 Å². The van der Waals surface area contributed by atoms with Crippen LogP contribution in [0.15, 0.2) is 36.5 Å². The fraction of sp³-hybridized carbons (Fsp3) is 0.357. The lowest BCUT2D eigenvalue weighted by Gasteiger charge is -2.04. The maximum atomic E-state index is 5.22. The number of rotatable bonds is 5. The molecule has 0 amide bonds. The largest absolute Gasteiger partial charge is 0.497 e. The molecule has 0 saturated heterocycles. The van der Waals surface area contributed by atoms with Crippen LogP contribution in [0, 0.1) is 0 Å². The molecule has 1 fully saturated rings. The Morgan fingerprint density at radius 3 is 3.06 bits per heavy atom. The van der Waals surface area contributed by atoms with Crippen LogP contribution in [0.2, 0.25) is 0 Å². The van der Waals surface area contributed by atoms with E-state index in [0.29, 0.717) is 6.04 Å². The highest BCUT2D eigenvalue weighted by Crippen LogP contribution is 2.19. The van der Waals surface area contributed by atoms with Gasteiger partial charge in [-0.15, -0.1) is 0 Å². The Bertz CT molecular complexity index is 531. The number of ether oxygens (including phenoxy) is 1. The Hall–Kier alpha value is -1.81. The zero-order chi connectivity index (χ0) is 12.4. The van der Waals surface area contributed by atoms with Gasteiger partial charge in [0, 0.05) is 24.8 Å². The number of benzene rings is 1. The summed E-state index contributed by atoms with van der Waals surface area (Å²) in [5.41, 5.74) is 2.09. The summed E-state index contributed by atoms with van der Waals surface area (Å²) in [7, 11) is 1.67. The molecule has 0 unspecified atom stereocenters. The van der Waals surface area contributed by atoms with Crippen LogP contribution >= 0.6 is 0 Å². The summed E-state index contributed by atoms with van der Waals surface area (Å²) >= 11 is 0. The van der Waals surface area contributed by atoms with Gasteiger partial charge in [-0.2, -0.15) is 5.10 Å². The number of nitrogens with one attached hydrogen (secondary N) is 1. The number of hydrogen-bond acceptors (Lipinski definition) is 3. The van der Waals surface area contributed by atoms with Crippen molar-refractivity contribution >= 4 is 0 Å². The van der Waals surface area contributed by atoms with Crippen LogP contribution in [0.4, 0.5) is 0 Å². The molecule has 2 aromatic rings. The molecule has 3 rings (SSSR count). The quantitative estimate of drug-likeness (QED) is 0.874. The maximum absolute atomic E-state index is 5.22. The van der Waals surface area contributed by atoms with E-state index in [-0.39, 0.29) is 0 Å². The van der Waals surface area contributed by atoms with Gasteiger partial charge in [0.2, 0.25) is 0 Å². The van der Waals surface area contributed by atoms with E-state index >= 15 is 0 Å². The third-order valence-electron chi connectivity index (χ3n) is 3.11. The predicted molar refractivity (Wildman–Crippen MR) is 70.0 cm³/mol. The number of aromatic nitrogens is 2. The Kier molecular flexibility index (Phi) is 3.02. The summed E-state index contributed by atoms with van der Waals surface area (Å²) in [4.78, 5) is 0. The third-order valence-corrected chi connectivity index (χ3v) is 3.11. The van der Waals surface area contributed by atoms with Crippen molar-refractivity contribution in [3.05, 3.63) is 42.2 Å². The van der Waals surface area contributed by atoms with E-state index in [4.69, 9.17) is 4.74 Å². The lowest BCUT2D eigenvalue weighted by Crippen LogP contribution is -2.15. The topological polar surface area (TPSA) is 39.1 Å². The van der Waals surface area contributed by atoms with Crippen LogP contribution in [-0.4, -0.2) is 22.9 Å². The highest BCUT2D eigenvalue weighted by Gasteiger charge is 2.20. The highest BCUT2D eigenvalue weighted by atomic mass is 16.5. The second-order valence-electron chi connectivity index (χ2n) is 4.61. The molecule has 1 aromatic heterocycles. The summed E-state index contributed by atoms with van der Waals surface area (Å²) in [6, 6.07) is 10.7. The van der Waals surface area contributed by atoms with Gasteiger partial charge in [0.05, 0.1) is 18.5 Å². The minimum atomic E-state index is 0.715. The van der Waals surface area contributed by atoms with E-state index < -0.39 is 0 Å². The number of hydrogen-bond donors (Lipinski definition) is 1. The predicted octanol–water partition coefficient (Wildman–Crippen LogP) is 2.13. The molecular weight excluding hydrogens is 226 g/mol. The van der Waals surface area contributed by atoms with Crippen molar-refractivity contribution in [3.8, 4) is 11.4 Å². The molecule has 0 radical (unpaired) electrons. The van der Waals surface area contributed by atoms with Gasteiger partial charge in [0.25, 0.3) is 0 Å². The first-order valence-electron chi connectivity index (χ1n) is 6.27. The molecule has 1 aliphatic rings. The summed E-state index contributed by atoms with van der Waals surface area (Å²) < 4.78 is 7.10. The minimum absolute atomic E-state index is 0.715. The van der Waals surface area contributed by atoms with Gasteiger partial charge in [0.1, 0.15) is 5.75 Å². The normalized spacial score (nSPS) is 14.7. The molecule has 18 heavy (non-hydrogen) atoms. The van der Waals surface area contributed by atoms with Crippen molar-refractivity contribution in [1.29, 1.82) is 0 Å². The van der Waals surface area contributed by atoms with Gasteiger partial charge in [0.15, 0.2) is 0 Å². The SMILES string of the molecule is COc1cccc(-n2ccc(CNC3CC3)n2)c1. The molecule has 94 valence electrons. The lowest BCUT2D eigenvalue weighted by molar-refractivity contribution is 0.414. The van der Waals surface area contributed by atoms with Gasteiger partial charge in [-0.25, -0.2) is 4.68 Å². The third kappa shape index (κ3) is 2.54. The van der Waals surface area contributed by atoms with Crippen molar-refractivity contribution in [2.24, 2.45) is 0 Å². The zero-order valence-electron chi connectivity index (χ0n) is 10.5. The Morgan fingerprint density at radius 1 is 1.39 bits per heavy atom. The van der Waals surface area contributed by atoms with Crippen LogP contribution in [0.1, 0.15) is 18.5 Å². The fourth-order valence-corrected chi connectivity index (χ4v) is 1.89. The molecule has 4 nitrogen and oxygen atoms in total. The monoisotopic (exact) mass is 243 g/mol. The highest BCUT2D eigenvalue weighted by molar-refractivity contribution is 5.38. The van der Waals surface area contributed by atoms with Crippen molar-refractivity contribution in [2.45, 2.75) is 25.4 Å². The summed E-state index contributed by atoms with van der Waals surface area (Å²) in [6.45, 7) is 0.849. The van der Waals surface area contributed by atoms with Crippen molar-refractivity contribution in [2.75, 3.05) is 7.11 Å². The smallest absolute Gasteiger partial charge is 0.121 e. The lowest BCUT2D eigenvalue weighted by atomic mass is 10.3. The molecule has 1 aliphatic carbocycles. The van der Waals surface area contributed by atoms with E-state index in [1.54, 1.807) is 7.11 Å². The number of methoxy groups -OCH3 is 1. The molecular formula is C14H17N3O. The molecule has 1 saturated carbocycles. The minimum Gasteiger partial charge on any atom is -0.497 e. The average Bonchev–Trinajstić information content (AvgIpc) is 3.13. The second kappa shape index (κ2) is 4.82. The zero-order valence-corrected chi connectivity index (χ0v) is 10.5. The molecule has 4 heteroatoms. The summed E-state index contributed by atoms with van der Waals surface area (Å²) in [6.07, 6.45) is 4.59. The van der Waals surface area contributed by atoms with Crippen LogP contribution in [0.5, 0.6) is 5.75 Å². The van der Waals surface area contributed by atoms with E-state index in [1.807, 2.05) is 35.1 Å². The van der Waals surface area contributed by atoms with Gasteiger partial charge < -0.3 is 10.1 Å². The summed E-state index contributed by atoms with van der Waals surface area (Å²) in [5.74, 6) is 0.848. The Balaban J connectivity index is 1.74. The maximum Gasteiger partial charge on any atom is 0.121 e. The average molecular weight is 243 g/mol. The van der Waals surface area contributed by atoms with E-state index in [9.17, 15) is 0 Å². The van der Waals surface area contributed by atoms with Gasteiger partial charge in [-0.1, -0.05) is 6.07 Å². The first-order chi connectivity index (χ1) is 8.85. The fourth-order valence-electron chi connectivity index (χ4n) is 1.89. The molecule has 0 atom stereocenters. The summed E-state index contributed by atoms with van der Waals surface area (Å²) in [5, 5.41) is 8.01. The Labute approximate surface area is 107 Å². The van der Waals surface area contributed by atoms with Crippen molar-refractivity contribution in [3.63, 3.8) is 0 Å².